The predicted molar refractivity (Wildman–Crippen MR) is 213 cm³/mol. The molecule has 0 unspecified atom stereocenters. The van der Waals surface area contributed by atoms with Gasteiger partial charge in [-0.3, -0.25) is 0 Å². The third kappa shape index (κ3) is 5.17. The van der Waals surface area contributed by atoms with Gasteiger partial charge in [-0.25, -0.2) is 15.0 Å². The van der Waals surface area contributed by atoms with Gasteiger partial charge in [0.05, 0.1) is 17.8 Å². The number of benzene rings is 5. The molecule has 3 aromatic heterocycles. The SMILES string of the molecule is CC1(C)c2cc(-c3cccc(-c4nc(-c5cc6ccccc6s5)nc(-c5cc6ccccc6s5)n4)c3)ccc2-c2ccc([Si](C)(C)C)cc21. The van der Waals surface area contributed by atoms with Crippen LogP contribution in [0.25, 0.3) is 75.2 Å². The normalized spacial score (nSPS) is 13.6. The summed E-state index contributed by atoms with van der Waals surface area (Å²) in [6, 6.07) is 44.2. The molecule has 0 saturated heterocycles. The van der Waals surface area contributed by atoms with E-state index < -0.39 is 8.07 Å². The van der Waals surface area contributed by atoms with Crippen molar-refractivity contribution in [2.75, 3.05) is 0 Å². The Morgan fingerprint density at radius 1 is 0.490 bits per heavy atom. The summed E-state index contributed by atoms with van der Waals surface area (Å²) in [4.78, 5) is 17.4. The first-order chi connectivity index (χ1) is 23.6. The molecular weight excluding hydrogens is 651 g/mol. The Bertz CT molecular complexity index is 2430. The van der Waals surface area contributed by atoms with Crippen LogP contribution in [0.2, 0.25) is 19.6 Å². The molecule has 49 heavy (non-hydrogen) atoms. The maximum Gasteiger partial charge on any atom is 0.174 e. The minimum atomic E-state index is -1.43. The van der Waals surface area contributed by atoms with Gasteiger partial charge in [-0.2, -0.15) is 0 Å². The van der Waals surface area contributed by atoms with E-state index in [1.165, 1.54) is 53.2 Å². The largest absolute Gasteiger partial charge is 0.207 e. The number of hydrogen-bond donors (Lipinski definition) is 0. The van der Waals surface area contributed by atoms with Crippen LogP contribution >= 0.6 is 22.7 Å². The van der Waals surface area contributed by atoms with Gasteiger partial charge in [-0.15, -0.1) is 22.7 Å². The van der Waals surface area contributed by atoms with Gasteiger partial charge in [0.15, 0.2) is 17.5 Å². The molecular formula is C43H35N3S2Si. The van der Waals surface area contributed by atoms with Crippen LogP contribution in [0.15, 0.2) is 121 Å². The summed E-state index contributed by atoms with van der Waals surface area (Å²) in [6.45, 7) is 12.0. The molecule has 0 spiro atoms. The zero-order chi connectivity index (χ0) is 33.5. The quantitative estimate of drug-likeness (QED) is 0.169. The maximum absolute atomic E-state index is 5.12. The first kappa shape index (κ1) is 30.3. The molecule has 3 heterocycles. The number of thiophene rings is 2. The van der Waals surface area contributed by atoms with Crippen molar-refractivity contribution in [2.45, 2.75) is 38.9 Å². The summed E-state index contributed by atoms with van der Waals surface area (Å²) in [5.41, 5.74) is 8.82. The summed E-state index contributed by atoms with van der Waals surface area (Å²) in [5, 5.41) is 3.92. The maximum atomic E-state index is 5.12. The Kier molecular flexibility index (Phi) is 6.89. The summed E-state index contributed by atoms with van der Waals surface area (Å²) in [5.74, 6) is 2.10. The van der Waals surface area contributed by atoms with E-state index in [-0.39, 0.29) is 5.41 Å². The molecule has 1 aliphatic rings. The molecule has 0 atom stereocenters. The molecule has 5 aromatic carbocycles. The fourth-order valence-corrected chi connectivity index (χ4v) is 10.3. The van der Waals surface area contributed by atoms with Gasteiger partial charge in [-0.05, 0) is 80.6 Å². The average Bonchev–Trinajstić information content (AvgIpc) is 3.81. The zero-order valence-electron chi connectivity index (χ0n) is 28.2. The van der Waals surface area contributed by atoms with Crippen LogP contribution in [0.3, 0.4) is 0 Å². The third-order valence-electron chi connectivity index (χ3n) is 9.92. The molecule has 0 saturated carbocycles. The van der Waals surface area contributed by atoms with E-state index >= 15 is 0 Å². The molecule has 8 aromatic rings. The lowest BCUT2D eigenvalue weighted by molar-refractivity contribution is 0.661. The van der Waals surface area contributed by atoms with E-state index in [2.05, 4.69) is 155 Å². The zero-order valence-corrected chi connectivity index (χ0v) is 30.8. The van der Waals surface area contributed by atoms with Gasteiger partial charge in [0.1, 0.15) is 0 Å². The minimum Gasteiger partial charge on any atom is -0.207 e. The Labute approximate surface area is 296 Å². The predicted octanol–water partition coefficient (Wildman–Crippen LogP) is 11.8. The van der Waals surface area contributed by atoms with Gasteiger partial charge < -0.3 is 0 Å². The van der Waals surface area contributed by atoms with Crippen LogP contribution in [-0.4, -0.2) is 23.0 Å². The van der Waals surface area contributed by atoms with Crippen molar-refractivity contribution in [1.82, 2.24) is 15.0 Å². The Balaban J connectivity index is 1.15. The first-order valence-corrected chi connectivity index (χ1v) is 21.9. The van der Waals surface area contributed by atoms with Crippen molar-refractivity contribution in [3.8, 4) is 55.0 Å². The molecule has 238 valence electrons. The molecule has 0 amide bonds. The summed E-state index contributed by atoms with van der Waals surface area (Å²) >= 11 is 3.45. The average molecular weight is 686 g/mol. The van der Waals surface area contributed by atoms with Crippen LogP contribution in [-0.2, 0) is 5.41 Å². The number of aromatic nitrogens is 3. The van der Waals surface area contributed by atoms with Crippen molar-refractivity contribution < 1.29 is 0 Å². The van der Waals surface area contributed by atoms with E-state index in [0.717, 1.165) is 20.9 Å². The van der Waals surface area contributed by atoms with E-state index in [1.54, 1.807) is 22.7 Å². The van der Waals surface area contributed by atoms with E-state index in [0.29, 0.717) is 17.5 Å². The summed E-state index contributed by atoms with van der Waals surface area (Å²) in [6.07, 6.45) is 0. The second-order valence-corrected chi connectivity index (χ2v) is 21.8. The lowest BCUT2D eigenvalue weighted by atomic mass is 9.81. The topological polar surface area (TPSA) is 38.7 Å². The van der Waals surface area contributed by atoms with Crippen molar-refractivity contribution in [3.05, 3.63) is 132 Å². The first-order valence-electron chi connectivity index (χ1n) is 16.8. The Morgan fingerprint density at radius 3 is 1.63 bits per heavy atom. The number of fused-ring (bicyclic) bond motifs is 5. The minimum absolute atomic E-state index is 0.0690. The molecule has 3 nitrogen and oxygen atoms in total. The van der Waals surface area contributed by atoms with Crippen LogP contribution in [0.5, 0.6) is 0 Å². The van der Waals surface area contributed by atoms with Crippen molar-refractivity contribution in [2.24, 2.45) is 0 Å². The van der Waals surface area contributed by atoms with Gasteiger partial charge in [0, 0.05) is 20.4 Å². The lowest BCUT2D eigenvalue weighted by Crippen LogP contribution is -2.38. The standard InChI is InChI=1S/C43H35N3S2Si/c1-43(2)34-22-27(17-19-32(34)33-20-18-31(25-35(33)43)49(3,4)5)26-13-10-14-30(21-26)40-44-41(38-23-28-11-6-8-15-36(28)47-38)46-42(45-40)39-24-29-12-7-9-16-37(29)48-39/h6-25H,1-5H3. The van der Waals surface area contributed by atoms with Gasteiger partial charge in [0.25, 0.3) is 0 Å². The van der Waals surface area contributed by atoms with E-state index in [1.807, 2.05) is 0 Å². The second kappa shape index (κ2) is 11.1. The van der Waals surface area contributed by atoms with Gasteiger partial charge in [0.2, 0.25) is 0 Å². The smallest absolute Gasteiger partial charge is 0.174 e. The van der Waals surface area contributed by atoms with Crippen LogP contribution in [0.4, 0.5) is 0 Å². The van der Waals surface area contributed by atoms with Gasteiger partial charge >= 0.3 is 0 Å². The lowest BCUT2D eigenvalue weighted by Gasteiger charge is -2.24. The Morgan fingerprint density at radius 2 is 1.02 bits per heavy atom. The molecule has 0 N–H and O–H groups in total. The fourth-order valence-electron chi connectivity index (χ4n) is 7.13. The van der Waals surface area contributed by atoms with Crippen molar-refractivity contribution >= 4 is 56.1 Å². The number of hydrogen-bond acceptors (Lipinski definition) is 5. The van der Waals surface area contributed by atoms with E-state index in [9.17, 15) is 0 Å². The summed E-state index contributed by atoms with van der Waals surface area (Å²) in [7, 11) is -1.43. The van der Waals surface area contributed by atoms with Crippen molar-refractivity contribution in [3.63, 3.8) is 0 Å². The molecule has 0 radical (unpaired) electrons. The second-order valence-electron chi connectivity index (χ2n) is 14.6. The highest BCUT2D eigenvalue weighted by atomic mass is 32.1. The molecule has 0 bridgehead atoms. The molecule has 1 aliphatic carbocycles. The van der Waals surface area contributed by atoms with Crippen LogP contribution in [0, 0.1) is 0 Å². The highest BCUT2D eigenvalue weighted by Gasteiger charge is 2.36. The molecule has 9 rings (SSSR count). The highest BCUT2D eigenvalue weighted by molar-refractivity contribution is 7.22. The highest BCUT2D eigenvalue weighted by Crippen LogP contribution is 2.49. The van der Waals surface area contributed by atoms with E-state index in [4.69, 9.17) is 15.0 Å². The monoisotopic (exact) mass is 685 g/mol. The number of nitrogens with zero attached hydrogens (tertiary/aromatic N) is 3. The molecule has 0 aliphatic heterocycles. The van der Waals surface area contributed by atoms with Crippen LogP contribution < -0.4 is 5.19 Å². The number of rotatable bonds is 5. The van der Waals surface area contributed by atoms with Gasteiger partial charge in [-0.1, -0.05) is 124 Å². The Hall–Kier alpha value is -4.75. The molecule has 0 fully saturated rings. The van der Waals surface area contributed by atoms with Crippen molar-refractivity contribution in [1.29, 1.82) is 0 Å². The molecule has 6 heteroatoms. The fraction of sp³-hybridized carbons (Fsp3) is 0.140. The third-order valence-corrected chi connectivity index (χ3v) is 14.2. The van der Waals surface area contributed by atoms with Crippen LogP contribution in [0.1, 0.15) is 25.0 Å². The summed E-state index contributed by atoms with van der Waals surface area (Å²) < 4.78 is 2.45.